The summed E-state index contributed by atoms with van der Waals surface area (Å²) < 4.78 is 53.8. The van der Waals surface area contributed by atoms with Gasteiger partial charge >= 0.3 is 6.18 Å². The normalized spacial score (nSPS) is 15.7. The Bertz CT molecular complexity index is 859. The summed E-state index contributed by atoms with van der Waals surface area (Å²) in [4.78, 5) is 6.22. The number of halogens is 5. The Kier molecular flexibility index (Phi) is 8.33. The van der Waals surface area contributed by atoms with Crippen molar-refractivity contribution in [1.29, 1.82) is 0 Å². The number of hydrogen-bond acceptors (Lipinski definition) is 3. The van der Waals surface area contributed by atoms with E-state index in [4.69, 9.17) is 0 Å². The van der Waals surface area contributed by atoms with Gasteiger partial charge in [0.2, 0.25) is 0 Å². The number of aliphatic imine (C=N–C) groups is 1. The standard InChI is InChI=1S/C19H24F4N6.HI/c1-24-18(25-11-13-12-28(2)27-17(13)19(21,22)23)26-15-6-8-29(9-7-15)16-5-3-4-14(20)10-16;/h3-5,10,12,15H,6-9,11H2,1-2H3,(H2,24,25,26);1H. The third-order valence-electron chi connectivity index (χ3n) is 4.85. The first-order valence-corrected chi connectivity index (χ1v) is 9.33. The van der Waals surface area contributed by atoms with Crippen molar-refractivity contribution in [2.45, 2.75) is 31.6 Å². The Hall–Kier alpha value is -2.05. The van der Waals surface area contributed by atoms with Crippen LogP contribution in [0.15, 0.2) is 35.5 Å². The summed E-state index contributed by atoms with van der Waals surface area (Å²) in [6, 6.07) is 6.63. The van der Waals surface area contributed by atoms with Gasteiger partial charge in [-0.25, -0.2) is 4.39 Å². The van der Waals surface area contributed by atoms with Crippen molar-refractivity contribution in [3.63, 3.8) is 0 Å². The summed E-state index contributed by atoms with van der Waals surface area (Å²) >= 11 is 0. The van der Waals surface area contributed by atoms with Gasteiger partial charge < -0.3 is 15.5 Å². The first kappa shape index (κ1) is 24.2. The molecule has 1 aromatic heterocycles. The largest absolute Gasteiger partial charge is 0.435 e. The summed E-state index contributed by atoms with van der Waals surface area (Å²) in [6.45, 7) is 1.46. The van der Waals surface area contributed by atoms with Crippen LogP contribution >= 0.6 is 24.0 Å². The first-order chi connectivity index (χ1) is 13.8. The lowest BCUT2D eigenvalue weighted by atomic mass is 10.0. The number of hydrogen-bond donors (Lipinski definition) is 2. The van der Waals surface area contributed by atoms with Crippen LogP contribution in [-0.2, 0) is 19.8 Å². The van der Waals surface area contributed by atoms with Crippen LogP contribution in [0.4, 0.5) is 23.2 Å². The molecule has 30 heavy (non-hydrogen) atoms. The highest BCUT2D eigenvalue weighted by molar-refractivity contribution is 14.0. The number of nitrogens with one attached hydrogen (secondary N) is 2. The fourth-order valence-corrected chi connectivity index (χ4v) is 3.43. The number of alkyl halides is 3. The molecule has 11 heteroatoms. The fraction of sp³-hybridized carbons (Fsp3) is 0.474. The molecule has 1 saturated heterocycles. The molecule has 0 saturated carbocycles. The van der Waals surface area contributed by atoms with Gasteiger partial charge in [-0.15, -0.1) is 24.0 Å². The van der Waals surface area contributed by atoms with Crippen molar-refractivity contribution in [3.05, 3.63) is 47.5 Å². The minimum Gasteiger partial charge on any atom is -0.371 e. The Morgan fingerprint density at radius 2 is 1.97 bits per heavy atom. The molecule has 1 aromatic carbocycles. The zero-order chi connectivity index (χ0) is 21.0. The molecule has 0 bridgehead atoms. The zero-order valence-electron chi connectivity index (χ0n) is 16.7. The topological polar surface area (TPSA) is 57.5 Å². The molecule has 6 nitrogen and oxygen atoms in total. The Morgan fingerprint density at radius 1 is 1.27 bits per heavy atom. The van der Waals surface area contributed by atoms with Gasteiger partial charge in [0.15, 0.2) is 11.7 Å². The van der Waals surface area contributed by atoms with E-state index in [-0.39, 0.29) is 47.9 Å². The zero-order valence-corrected chi connectivity index (χ0v) is 19.0. The number of piperidine rings is 1. The van der Waals surface area contributed by atoms with E-state index in [9.17, 15) is 17.6 Å². The van der Waals surface area contributed by atoms with Crippen LogP contribution < -0.4 is 15.5 Å². The van der Waals surface area contributed by atoms with E-state index in [2.05, 4.69) is 25.6 Å². The van der Waals surface area contributed by atoms with Crippen LogP contribution in [0.3, 0.4) is 0 Å². The second-order valence-electron chi connectivity index (χ2n) is 6.99. The third-order valence-corrected chi connectivity index (χ3v) is 4.85. The third kappa shape index (κ3) is 6.22. The molecule has 2 N–H and O–H groups in total. The highest BCUT2D eigenvalue weighted by Crippen LogP contribution is 2.30. The molecule has 0 aliphatic carbocycles. The number of anilines is 1. The predicted octanol–water partition coefficient (Wildman–Crippen LogP) is 3.53. The number of nitrogens with zero attached hydrogens (tertiary/aromatic N) is 4. The Morgan fingerprint density at radius 3 is 2.57 bits per heavy atom. The van der Waals surface area contributed by atoms with Crippen LogP contribution in [0.5, 0.6) is 0 Å². The molecule has 3 rings (SSSR count). The molecule has 1 aliphatic heterocycles. The van der Waals surface area contributed by atoms with Gasteiger partial charge in [0.05, 0.1) is 0 Å². The van der Waals surface area contributed by atoms with E-state index in [0.29, 0.717) is 5.96 Å². The van der Waals surface area contributed by atoms with Gasteiger partial charge in [0.1, 0.15) is 5.82 Å². The van der Waals surface area contributed by atoms with Gasteiger partial charge in [-0.3, -0.25) is 9.67 Å². The second-order valence-corrected chi connectivity index (χ2v) is 6.99. The quantitative estimate of drug-likeness (QED) is 0.270. The highest BCUT2D eigenvalue weighted by Gasteiger charge is 2.36. The summed E-state index contributed by atoms with van der Waals surface area (Å²) in [5.74, 6) is 0.173. The summed E-state index contributed by atoms with van der Waals surface area (Å²) in [5.41, 5.74) is 0.0115. The van der Waals surface area contributed by atoms with E-state index >= 15 is 0 Å². The van der Waals surface area contributed by atoms with Crippen LogP contribution in [-0.4, -0.2) is 41.9 Å². The van der Waals surface area contributed by atoms with Crippen molar-refractivity contribution in [1.82, 2.24) is 20.4 Å². The van der Waals surface area contributed by atoms with E-state index in [0.717, 1.165) is 36.3 Å². The van der Waals surface area contributed by atoms with Crippen LogP contribution in [0.2, 0.25) is 0 Å². The smallest absolute Gasteiger partial charge is 0.371 e. The fourth-order valence-electron chi connectivity index (χ4n) is 3.43. The van der Waals surface area contributed by atoms with E-state index in [1.807, 2.05) is 6.07 Å². The van der Waals surface area contributed by atoms with Crippen LogP contribution in [0.1, 0.15) is 24.1 Å². The highest BCUT2D eigenvalue weighted by atomic mass is 127. The number of rotatable bonds is 4. The lowest BCUT2D eigenvalue weighted by molar-refractivity contribution is -0.142. The van der Waals surface area contributed by atoms with Gasteiger partial charge in [-0.1, -0.05) is 6.07 Å². The average molecular weight is 540 g/mol. The summed E-state index contributed by atoms with van der Waals surface area (Å²) in [7, 11) is 3.03. The van der Waals surface area contributed by atoms with Gasteiger partial charge in [-0.05, 0) is 31.0 Å². The summed E-state index contributed by atoms with van der Waals surface area (Å²) in [6.07, 6.45) is -1.55. The molecule has 0 spiro atoms. The predicted molar refractivity (Wildman–Crippen MR) is 119 cm³/mol. The maximum absolute atomic E-state index is 13.4. The molecule has 0 unspecified atom stereocenters. The monoisotopic (exact) mass is 540 g/mol. The Labute approximate surface area is 189 Å². The molecule has 0 atom stereocenters. The van der Waals surface area contributed by atoms with Gasteiger partial charge in [0.25, 0.3) is 0 Å². The lowest BCUT2D eigenvalue weighted by Gasteiger charge is -2.34. The molecule has 1 fully saturated rings. The van der Waals surface area contributed by atoms with E-state index in [1.165, 1.54) is 25.4 Å². The minimum atomic E-state index is -4.50. The van der Waals surface area contributed by atoms with Crippen LogP contribution in [0, 0.1) is 5.82 Å². The van der Waals surface area contributed by atoms with Crippen molar-refractivity contribution in [2.24, 2.45) is 12.0 Å². The van der Waals surface area contributed by atoms with E-state index < -0.39 is 11.9 Å². The summed E-state index contributed by atoms with van der Waals surface area (Å²) in [5, 5.41) is 9.69. The Balaban J connectivity index is 0.00000320. The lowest BCUT2D eigenvalue weighted by Crippen LogP contribution is -2.48. The van der Waals surface area contributed by atoms with E-state index in [1.54, 1.807) is 13.1 Å². The van der Waals surface area contributed by atoms with Crippen molar-refractivity contribution in [2.75, 3.05) is 25.0 Å². The van der Waals surface area contributed by atoms with Crippen molar-refractivity contribution < 1.29 is 17.6 Å². The number of benzene rings is 1. The molecule has 0 radical (unpaired) electrons. The van der Waals surface area contributed by atoms with Gasteiger partial charge in [0, 0.05) is 57.2 Å². The molecule has 1 aliphatic rings. The molecule has 0 amide bonds. The van der Waals surface area contributed by atoms with Crippen molar-refractivity contribution in [3.8, 4) is 0 Å². The molecule has 2 heterocycles. The molecular formula is C19H25F4IN6. The minimum absolute atomic E-state index is 0. The molecule has 2 aromatic rings. The SMILES string of the molecule is CN=C(NCc1cn(C)nc1C(F)(F)F)NC1CCN(c2cccc(F)c2)CC1.I. The average Bonchev–Trinajstić information content (AvgIpc) is 3.07. The maximum atomic E-state index is 13.4. The van der Waals surface area contributed by atoms with Crippen molar-refractivity contribution >= 4 is 35.6 Å². The van der Waals surface area contributed by atoms with Crippen LogP contribution in [0.25, 0.3) is 0 Å². The second kappa shape index (κ2) is 10.3. The van der Waals surface area contributed by atoms with Gasteiger partial charge in [-0.2, -0.15) is 18.3 Å². The number of aromatic nitrogens is 2. The number of guanidine groups is 1. The molecule has 166 valence electrons. The molecular weight excluding hydrogens is 515 g/mol. The first-order valence-electron chi connectivity index (χ1n) is 9.33. The number of aryl methyl sites for hydroxylation is 1. The maximum Gasteiger partial charge on any atom is 0.435 e.